The molecule has 0 heterocycles. The van der Waals surface area contributed by atoms with Crippen molar-refractivity contribution in [3.05, 3.63) is 35.9 Å². The molecule has 0 saturated carbocycles. The van der Waals surface area contributed by atoms with Crippen LogP contribution in [0.3, 0.4) is 0 Å². The van der Waals surface area contributed by atoms with Gasteiger partial charge in [0, 0.05) is 24.8 Å². The molecule has 0 aliphatic carbocycles. The summed E-state index contributed by atoms with van der Waals surface area (Å²) in [6.45, 7) is 4.87. The summed E-state index contributed by atoms with van der Waals surface area (Å²) in [5, 5.41) is 0. The smallest absolute Gasteiger partial charge is 0.0992 e. The van der Waals surface area contributed by atoms with Crippen molar-refractivity contribution in [1.29, 1.82) is 0 Å². The first kappa shape index (κ1) is 16.9. The van der Waals surface area contributed by atoms with Crippen molar-refractivity contribution >= 4 is 22.6 Å². The lowest BCUT2D eigenvalue weighted by molar-refractivity contribution is -0.0275. The van der Waals surface area contributed by atoms with Gasteiger partial charge in [-0.05, 0) is 18.9 Å². The normalized spacial score (nSPS) is 14.3. The van der Waals surface area contributed by atoms with Crippen LogP contribution >= 0.6 is 22.6 Å². The molecule has 1 atom stereocenters. The first-order valence-corrected chi connectivity index (χ1v) is 8.07. The second-order valence-electron chi connectivity index (χ2n) is 4.54. The van der Waals surface area contributed by atoms with Crippen LogP contribution in [0.1, 0.15) is 18.9 Å². The third kappa shape index (κ3) is 6.21. The van der Waals surface area contributed by atoms with Gasteiger partial charge < -0.3 is 14.2 Å². The number of rotatable bonds is 10. The predicted molar refractivity (Wildman–Crippen MR) is 85.9 cm³/mol. The summed E-state index contributed by atoms with van der Waals surface area (Å²) in [5.74, 6) is 0. The molecule has 0 bridgehead atoms. The Bertz CT molecular complexity index is 331. The molecule has 1 rings (SSSR count). The van der Waals surface area contributed by atoms with Gasteiger partial charge in [-0.1, -0.05) is 52.9 Å². The topological polar surface area (TPSA) is 27.7 Å². The van der Waals surface area contributed by atoms with Crippen molar-refractivity contribution in [2.24, 2.45) is 0 Å². The van der Waals surface area contributed by atoms with Crippen molar-refractivity contribution in [1.82, 2.24) is 0 Å². The SMILES string of the molecule is COCCOCCCOC(C)(CI)c1ccccc1. The standard InChI is InChI=1S/C15H23IO3/c1-15(13-16,14-7-4-3-5-8-14)19-10-6-9-18-12-11-17-2/h3-5,7-8H,6,9-13H2,1-2H3. The van der Waals surface area contributed by atoms with E-state index in [1.807, 2.05) is 6.07 Å². The highest BCUT2D eigenvalue weighted by atomic mass is 127. The van der Waals surface area contributed by atoms with Gasteiger partial charge in [0.25, 0.3) is 0 Å². The average Bonchev–Trinajstić information content (AvgIpc) is 2.47. The minimum atomic E-state index is -0.214. The van der Waals surface area contributed by atoms with Crippen LogP contribution in [0.15, 0.2) is 30.3 Å². The Hall–Kier alpha value is -0.170. The molecule has 1 aromatic carbocycles. The van der Waals surface area contributed by atoms with Gasteiger partial charge in [-0.25, -0.2) is 0 Å². The van der Waals surface area contributed by atoms with Crippen molar-refractivity contribution in [3.8, 4) is 0 Å². The lowest BCUT2D eigenvalue weighted by Crippen LogP contribution is -2.28. The number of halogens is 1. The molecule has 0 aromatic heterocycles. The van der Waals surface area contributed by atoms with Crippen molar-refractivity contribution < 1.29 is 14.2 Å². The molecule has 0 radical (unpaired) electrons. The van der Waals surface area contributed by atoms with Gasteiger partial charge >= 0.3 is 0 Å². The van der Waals surface area contributed by atoms with Crippen LogP contribution in [0, 0.1) is 0 Å². The van der Waals surface area contributed by atoms with E-state index in [9.17, 15) is 0 Å². The fourth-order valence-electron chi connectivity index (χ4n) is 1.69. The van der Waals surface area contributed by atoms with Gasteiger partial charge in [0.15, 0.2) is 0 Å². The maximum atomic E-state index is 6.05. The minimum Gasteiger partial charge on any atom is -0.382 e. The van der Waals surface area contributed by atoms with E-state index in [1.54, 1.807) is 7.11 Å². The predicted octanol–water partition coefficient (Wildman–Crippen LogP) is 3.41. The molecule has 19 heavy (non-hydrogen) atoms. The third-order valence-electron chi connectivity index (χ3n) is 2.92. The highest BCUT2D eigenvalue weighted by molar-refractivity contribution is 14.1. The van der Waals surface area contributed by atoms with Crippen molar-refractivity contribution in [3.63, 3.8) is 0 Å². The maximum Gasteiger partial charge on any atom is 0.0992 e. The van der Waals surface area contributed by atoms with Crippen molar-refractivity contribution in [2.45, 2.75) is 18.9 Å². The zero-order valence-corrected chi connectivity index (χ0v) is 13.9. The van der Waals surface area contributed by atoms with E-state index in [2.05, 4.69) is 53.8 Å². The molecule has 0 saturated heterocycles. The summed E-state index contributed by atoms with van der Waals surface area (Å²) < 4.78 is 17.3. The number of ether oxygens (including phenoxy) is 3. The van der Waals surface area contributed by atoms with Gasteiger partial charge in [-0.2, -0.15) is 0 Å². The van der Waals surface area contributed by atoms with Gasteiger partial charge in [-0.15, -0.1) is 0 Å². The Balaban J connectivity index is 2.29. The fourth-order valence-corrected chi connectivity index (χ4v) is 2.35. The van der Waals surface area contributed by atoms with E-state index in [1.165, 1.54) is 5.56 Å². The first-order valence-electron chi connectivity index (χ1n) is 6.55. The maximum absolute atomic E-state index is 6.05. The number of alkyl halides is 1. The van der Waals surface area contributed by atoms with Gasteiger partial charge in [0.2, 0.25) is 0 Å². The van der Waals surface area contributed by atoms with E-state index in [0.29, 0.717) is 19.8 Å². The number of benzene rings is 1. The van der Waals surface area contributed by atoms with Crippen LogP contribution < -0.4 is 0 Å². The lowest BCUT2D eigenvalue weighted by atomic mass is 9.98. The monoisotopic (exact) mass is 378 g/mol. The molecule has 0 amide bonds. The Morgan fingerprint density at radius 2 is 1.79 bits per heavy atom. The van der Waals surface area contributed by atoms with E-state index >= 15 is 0 Å². The fraction of sp³-hybridized carbons (Fsp3) is 0.600. The molecule has 0 fully saturated rings. The van der Waals surface area contributed by atoms with Crippen LogP contribution in [-0.2, 0) is 19.8 Å². The summed E-state index contributed by atoms with van der Waals surface area (Å²) in [5.41, 5.74) is 1.01. The van der Waals surface area contributed by atoms with Crippen molar-refractivity contribution in [2.75, 3.05) is 38.0 Å². The second-order valence-corrected chi connectivity index (χ2v) is 5.30. The molecule has 3 nitrogen and oxygen atoms in total. The van der Waals surface area contributed by atoms with Crippen LogP contribution in [0.5, 0.6) is 0 Å². The highest BCUT2D eigenvalue weighted by Gasteiger charge is 2.25. The third-order valence-corrected chi connectivity index (χ3v) is 4.38. The molecule has 1 aromatic rings. The van der Waals surface area contributed by atoms with Gasteiger partial charge in [-0.3, -0.25) is 0 Å². The summed E-state index contributed by atoms with van der Waals surface area (Å²) in [4.78, 5) is 0. The first-order chi connectivity index (χ1) is 9.23. The molecule has 4 heteroatoms. The van der Waals surface area contributed by atoms with Crippen LogP contribution in [0.2, 0.25) is 0 Å². The molecular formula is C15H23IO3. The Kier molecular flexibility index (Phi) is 8.61. The molecular weight excluding hydrogens is 355 g/mol. The number of methoxy groups -OCH3 is 1. The molecule has 0 aliphatic rings. The van der Waals surface area contributed by atoms with Crippen LogP contribution in [0.4, 0.5) is 0 Å². The molecule has 0 N–H and O–H groups in total. The Morgan fingerprint density at radius 1 is 1.05 bits per heavy atom. The largest absolute Gasteiger partial charge is 0.382 e. The molecule has 0 spiro atoms. The van der Waals surface area contributed by atoms with E-state index < -0.39 is 0 Å². The molecule has 0 aliphatic heterocycles. The van der Waals surface area contributed by atoms with Gasteiger partial charge in [0.1, 0.15) is 0 Å². The number of hydrogen-bond donors (Lipinski definition) is 0. The number of hydrogen-bond acceptors (Lipinski definition) is 3. The van der Waals surface area contributed by atoms with E-state index in [0.717, 1.165) is 17.5 Å². The lowest BCUT2D eigenvalue weighted by Gasteiger charge is -2.28. The second kappa shape index (κ2) is 9.69. The summed E-state index contributed by atoms with van der Waals surface area (Å²) in [7, 11) is 1.68. The zero-order valence-electron chi connectivity index (χ0n) is 11.7. The zero-order chi connectivity index (χ0) is 14.0. The Labute approximate surface area is 129 Å². The summed E-state index contributed by atoms with van der Waals surface area (Å²) in [6.07, 6.45) is 0.906. The highest BCUT2D eigenvalue weighted by Crippen LogP contribution is 2.27. The van der Waals surface area contributed by atoms with Gasteiger partial charge in [0.05, 0.1) is 18.8 Å². The Morgan fingerprint density at radius 3 is 2.42 bits per heavy atom. The average molecular weight is 378 g/mol. The van der Waals surface area contributed by atoms with Crippen LogP contribution in [-0.4, -0.2) is 38.0 Å². The molecule has 108 valence electrons. The molecule has 1 unspecified atom stereocenters. The van der Waals surface area contributed by atoms with E-state index in [4.69, 9.17) is 14.2 Å². The summed E-state index contributed by atoms with van der Waals surface area (Å²) in [6, 6.07) is 10.4. The van der Waals surface area contributed by atoms with E-state index in [-0.39, 0.29) is 5.60 Å². The van der Waals surface area contributed by atoms with Crippen LogP contribution in [0.25, 0.3) is 0 Å². The minimum absolute atomic E-state index is 0.214. The summed E-state index contributed by atoms with van der Waals surface area (Å²) >= 11 is 2.38. The quantitative estimate of drug-likeness (QED) is 0.355.